The highest BCUT2D eigenvalue weighted by Gasteiger charge is 2.38. The molecule has 2 N–H and O–H groups in total. The molecule has 92 valence electrons. The van der Waals surface area contributed by atoms with Crippen molar-refractivity contribution in [1.82, 2.24) is 0 Å². The Morgan fingerprint density at radius 1 is 1.29 bits per heavy atom. The molecule has 0 spiro atoms. The predicted octanol–water partition coefficient (Wildman–Crippen LogP) is 2.76. The Bertz CT molecular complexity index is 385. The molecule has 1 aromatic carbocycles. The highest BCUT2D eigenvalue weighted by Crippen LogP contribution is 2.35. The third-order valence-electron chi connectivity index (χ3n) is 3.66. The van der Waals surface area contributed by atoms with Gasteiger partial charge in [0.05, 0.1) is 11.7 Å². The molecule has 1 aromatic rings. The Hall–Kier alpha value is -1.12. The van der Waals surface area contributed by atoms with Crippen LogP contribution in [0.3, 0.4) is 0 Å². The minimum Gasteiger partial charge on any atom is -0.390 e. The lowest BCUT2D eigenvalue weighted by Gasteiger charge is -2.37. The molecule has 2 nitrogen and oxygen atoms in total. The van der Waals surface area contributed by atoms with Crippen molar-refractivity contribution in [2.75, 3.05) is 0 Å². The first-order valence-corrected chi connectivity index (χ1v) is 6.25. The van der Waals surface area contributed by atoms with Gasteiger partial charge in [0.25, 0.3) is 0 Å². The monoisotopic (exact) mass is 232 g/mol. The van der Waals surface area contributed by atoms with E-state index in [0.29, 0.717) is 19.3 Å². The standard InChI is InChI=1S/C15H20O2/c1-12(13-7-3-2-4-8-13)11-15(17)10-6-5-9-14(15)16/h2-4,7-8,14,16-17H,1,5-6,9-11H2/t14-,15-/m1/s1. The Morgan fingerprint density at radius 3 is 2.65 bits per heavy atom. The molecule has 0 aliphatic heterocycles. The first-order chi connectivity index (χ1) is 8.12. The summed E-state index contributed by atoms with van der Waals surface area (Å²) in [5.41, 5.74) is 0.957. The molecule has 0 amide bonds. The van der Waals surface area contributed by atoms with E-state index in [0.717, 1.165) is 24.0 Å². The van der Waals surface area contributed by atoms with Gasteiger partial charge in [0.15, 0.2) is 0 Å². The third kappa shape index (κ3) is 2.76. The summed E-state index contributed by atoms with van der Waals surface area (Å²) in [7, 11) is 0. The zero-order valence-corrected chi connectivity index (χ0v) is 10.1. The van der Waals surface area contributed by atoms with Crippen LogP contribution in [0, 0.1) is 0 Å². The maximum atomic E-state index is 10.5. The maximum Gasteiger partial charge on any atom is 0.0945 e. The van der Waals surface area contributed by atoms with E-state index in [4.69, 9.17) is 0 Å². The molecule has 0 radical (unpaired) electrons. The normalized spacial score (nSPS) is 28.9. The van der Waals surface area contributed by atoms with E-state index in [1.54, 1.807) is 0 Å². The van der Waals surface area contributed by atoms with Crippen LogP contribution in [0.4, 0.5) is 0 Å². The van der Waals surface area contributed by atoms with Gasteiger partial charge in [-0.3, -0.25) is 0 Å². The molecule has 2 atom stereocenters. The number of hydrogen-bond donors (Lipinski definition) is 2. The van der Waals surface area contributed by atoms with Crippen molar-refractivity contribution in [3.05, 3.63) is 42.5 Å². The zero-order valence-electron chi connectivity index (χ0n) is 10.1. The van der Waals surface area contributed by atoms with Crippen molar-refractivity contribution in [3.63, 3.8) is 0 Å². The van der Waals surface area contributed by atoms with Gasteiger partial charge in [0.2, 0.25) is 0 Å². The zero-order chi connectivity index (χ0) is 12.3. The van der Waals surface area contributed by atoms with Crippen molar-refractivity contribution >= 4 is 5.57 Å². The smallest absolute Gasteiger partial charge is 0.0945 e. The van der Waals surface area contributed by atoms with E-state index in [1.807, 2.05) is 30.3 Å². The molecule has 0 saturated heterocycles. The fraction of sp³-hybridized carbons (Fsp3) is 0.467. The average Bonchev–Trinajstić information content (AvgIpc) is 2.34. The number of rotatable bonds is 3. The Balaban J connectivity index is 2.07. The lowest BCUT2D eigenvalue weighted by Crippen LogP contribution is -2.44. The number of hydrogen-bond acceptors (Lipinski definition) is 2. The Kier molecular flexibility index (Phi) is 3.65. The van der Waals surface area contributed by atoms with Crippen molar-refractivity contribution < 1.29 is 10.2 Å². The van der Waals surface area contributed by atoms with Gasteiger partial charge in [0, 0.05) is 6.42 Å². The van der Waals surface area contributed by atoms with Crippen LogP contribution in [0.15, 0.2) is 36.9 Å². The van der Waals surface area contributed by atoms with Gasteiger partial charge in [-0.1, -0.05) is 49.8 Å². The van der Waals surface area contributed by atoms with Crippen LogP contribution >= 0.6 is 0 Å². The summed E-state index contributed by atoms with van der Waals surface area (Å²) in [4.78, 5) is 0. The molecule has 17 heavy (non-hydrogen) atoms. The summed E-state index contributed by atoms with van der Waals surface area (Å²) in [6.45, 7) is 4.03. The second kappa shape index (κ2) is 5.03. The van der Waals surface area contributed by atoms with E-state index < -0.39 is 11.7 Å². The molecule has 1 aliphatic rings. The molecule has 1 aliphatic carbocycles. The molecule has 0 unspecified atom stereocenters. The van der Waals surface area contributed by atoms with Crippen LogP contribution in [0.25, 0.3) is 5.57 Å². The summed E-state index contributed by atoms with van der Waals surface area (Å²) >= 11 is 0. The van der Waals surface area contributed by atoms with Gasteiger partial charge in [-0.05, 0) is 24.0 Å². The summed E-state index contributed by atoms with van der Waals surface area (Å²) < 4.78 is 0. The van der Waals surface area contributed by atoms with E-state index in [1.165, 1.54) is 0 Å². The minimum atomic E-state index is -0.981. The molecule has 2 heteroatoms. The molecule has 1 fully saturated rings. The second-order valence-electron chi connectivity index (χ2n) is 5.01. The molecule has 0 bridgehead atoms. The molecule has 0 aromatic heterocycles. The highest BCUT2D eigenvalue weighted by atomic mass is 16.3. The first kappa shape index (κ1) is 12.3. The topological polar surface area (TPSA) is 40.5 Å². The van der Waals surface area contributed by atoms with E-state index in [-0.39, 0.29) is 0 Å². The predicted molar refractivity (Wildman–Crippen MR) is 69.5 cm³/mol. The summed E-state index contributed by atoms with van der Waals surface area (Å²) in [5, 5.41) is 20.4. The summed E-state index contributed by atoms with van der Waals surface area (Å²) in [6.07, 6.45) is 3.19. The van der Waals surface area contributed by atoms with Gasteiger partial charge >= 0.3 is 0 Å². The number of aliphatic hydroxyl groups excluding tert-OH is 1. The first-order valence-electron chi connectivity index (χ1n) is 6.25. The van der Waals surface area contributed by atoms with E-state index in [2.05, 4.69) is 6.58 Å². The Labute approximate surface area is 103 Å². The summed E-state index contributed by atoms with van der Waals surface area (Å²) in [5.74, 6) is 0. The lowest BCUT2D eigenvalue weighted by molar-refractivity contribution is -0.0957. The average molecular weight is 232 g/mol. The van der Waals surface area contributed by atoms with Crippen LogP contribution in [0.1, 0.15) is 37.7 Å². The van der Waals surface area contributed by atoms with Crippen molar-refractivity contribution in [1.29, 1.82) is 0 Å². The lowest BCUT2D eigenvalue weighted by atomic mass is 9.77. The van der Waals surface area contributed by atoms with Crippen LogP contribution in [-0.4, -0.2) is 21.9 Å². The van der Waals surface area contributed by atoms with Gasteiger partial charge in [-0.2, -0.15) is 0 Å². The second-order valence-corrected chi connectivity index (χ2v) is 5.01. The highest BCUT2D eigenvalue weighted by molar-refractivity contribution is 5.64. The minimum absolute atomic E-state index is 0.457. The van der Waals surface area contributed by atoms with Crippen LogP contribution < -0.4 is 0 Å². The van der Waals surface area contributed by atoms with Gasteiger partial charge in [0.1, 0.15) is 0 Å². The van der Waals surface area contributed by atoms with Crippen LogP contribution in [-0.2, 0) is 0 Å². The van der Waals surface area contributed by atoms with Crippen molar-refractivity contribution in [3.8, 4) is 0 Å². The van der Waals surface area contributed by atoms with Gasteiger partial charge in [-0.25, -0.2) is 0 Å². The van der Waals surface area contributed by atoms with Crippen molar-refractivity contribution in [2.45, 2.75) is 43.8 Å². The maximum absolute atomic E-state index is 10.5. The van der Waals surface area contributed by atoms with E-state index >= 15 is 0 Å². The fourth-order valence-electron chi connectivity index (χ4n) is 2.56. The Morgan fingerprint density at radius 2 is 2.00 bits per heavy atom. The van der Waals surface area contributed by atoms with Gasteiger partial charge < -0.3 is 10.2 Å². The molecule has 2 rings (SSSR count). The SMILES string of the molecule is C=C(C[C@]1(O)CCCC[C@H]1O)c1ccccc1. The largest absolute Gasteiger partial charge is 0.390 e. The quantitative estimate of drug-likeness (QED) is 0.841. The fourth-order valence-corrected chi connectivity index (χ4v) is 2.56. The molecular formula is C15H20O2. The van der Waals surface area contributed by atoms with Crippen molar-refractivity contribution in [2.24, 2.45) is 0 Å². The number of benzene rings is 1. The van der Waals surface area contributed by atoms with E-state index in [9.17, 15) is 10.2 Å². The molecule has 0 heterocycles. The molecular weight excluding hydrogens is 212 g/mol. The summed E-state index contributed by atoms with van der Waals surface area (Å²) in [6, 6.07) is 9.85. The van der Waals surface area contributed by atoms with Gasteiger partial charge in [-0.15, -0.1) is 0 Å². The third-order valence-corrected chi connectivity index (χ3v) is 3.66. The van der Waals surface area contributed by atoms with Crippen LogP contribution in [0.5, 0.6) is 0 Å². The number of aliphatic hydroxyl groups is 2. The van der Waals surface area contributed by atoms with Crippen LogP contribution in [0.2, 0.25) is 0 Å². The molecule has 1 saturated carbocycles.